The summed E-state index contributed by atoms with van der Waals surface area (Å²) in [6, 6.07) is 3.34. The number of aromatic nitrogens is 4. The molecule has 0 bridgehead atoms. The Labute approximate surface area is 99.8 Å². The van der Waals surface area contributed by atoms with E-state index in [0.717, 1.165) is 5.69 Å². The normalized spacial score (nSPS) is 12.6. The Hall–Kier alpha value is -1.80. The highest BCUT2D eigenvalue weighted by atomic mass is 32.2. The van der Waals surface area contributed by atoms with Crippen molar-refractivity contribution in [2.24, 2.45) is 0 Å². The average molecular weight is 252 g/mol. The van der Waals surface area contributed by atoms with Crippen LogP contribution in [0.1, 0.15) is 11.5 Å². The number of nitrogens with zero attached hydrogens (tertiary/aromatic N) is 3. The molecule has 0 amide bonds. The topological polar surface area (TPSA) is 121 Å². The largest absolute Gasteiger partial charge is 0.772 e. The molecule has 3 N–H and O–H groups in total. The summed E-state index contributed by atoms with van der Waals surface area (Å²) in [6.07, 6.45) is 0. The highest BCUT2D eigenvalue weighted by Crippen LogP contribution is 2.17. The van der Waals surface area contributed by atoms with Gasteiger partial charge in [0.25, 0.3) is 0 Å². The van der Waals surface area contributed by atoms with Gasteiger partial charge in [-0.1, -0.05) is 0 Å². The van der Waals surface area contributed by atoms with E-state index in [4.69, 9.17) is 5.73 Å². The monoisotopic (exact) mass is 252 g/mol. The van der Waals surface area contributed by atoms with Crippen molar-refractivity contribution < 1.29 is 8.76 Å². The Morgan fingerprint density at radius 2 is 2.18 bits per heavy atom. The molecule has 7 nitrogen and oxygen atoms in total. The number of nitrogens with two attached hydrogens (primary N) is 1. The van der Waals surface area contributed by atoms with Crippen molar-refractivity contribution in [2.45, 2.75) is 12.7 Å². The lowest BCUT2D eigenvalue weighted by molar-refractivity contribution is 0.535. The van der Waals surface area contributed by atoms with E-state index in [2.05, 4.69) is 20.2 Å². The fourth-order valence-electron chi connectivity index (χ4n) is 1.37. The number of anilines is 1. The quantitative estimate of drug-likeness (QED) is 0.749. The number of aryl methyl sites for hydroxylation is 1. The molecule has 0 aromatic carbocycles. The first-order valence-electron chi connectivity index (χ1n) is 4.76. The van der Waals surface area contributed by atoms with Crippen LogP contribution in [0.3, 0.4) is 0 Å². The number of hydrogen-bond donors (Lipinski definition) is 2. The molecule has 2 rings (SSSR count). The van der Waals surface area contributed by atoms with E-state index in [1.807, 2.05) is 6.92 Å². The second-order valence-electron chi connectivity index (χ2n) is 3.48. The molecular weight excluding hydrogens is 242 g/mol. The van der Waals surface area contributed by atoms with E-state index in [0.29, 0.717) is 11.4 Å². The first-order valence-corrected chi connectivity index (χ1v) is 6.00. The average Bonchev–Trinajstić information content (AvgIpc) is 2.62. The Bertz CT molecular complexity index is 568. The fraction of sp³-hybridized carbons (Fsp3) is 0.222. The van der Waals surface area contributed by atoms with Crippen LogP contribution in [0.5, 0.6) is 0 Å². The number of nitrogen functional groups attached to an aromatic ring is 1. The lowest BCUT2D eigenvalue weighted by Gasteiger charge is -2.05. The predicted molar refractivity (Wildman–Crippen MR) is 61.4 cm³/mol. The SMILES string of the molecule is Cc1cc(-c2cc(N)nc(CS(=O)[O-])n2)n[nH]1. The maximum Gasteiger partial charge on any atom is 0.142 e. The molecule has 90 valence electrons. The summed E-state index contributed by atoms with van der Waals surface area (Å²) < 4.78 is 21.2. The standard InChI is InChI=1S/C9H11N5O2S/c1-5-2-7(14-13-5)6-3-8(10)12-9(11-6)4-17(15)16/h2-3H,4H2,1H3,(H,13,14)(H,15,16)(H2,10,11,12)/p-1. The summed E-state index contributed by atoms with van der Waals surface area (Å²) >= 11 is -2.24. The molecule has 0 fully saturated rings. The summed E-state index contributed by atoms with van der Waals surface area (Å²) in [5.74, 6) is 0.117. The van der Waals surface area contributed by atoms with Crippen molar-refractivity contribution in [1.82, 2.24) is 20.2 Å². The number of nitrogens with one attached hydrogen (secondary N) is 1. The van der Waals surface area contributed by atoms with Crippen molar-refractivity contribution in [3.05, 3.63) is 23.7 Å². The second kappa shape index (κ2) is 4.60. The van der Waals surface area contributed by atoms with Gasteiger partial charge in [-0.3, -0.25) is 9.31 Å². The molecule has 2 heterocycles. The zero-order valence-electron chi connectivity index (χ0n) is 9.01. The zero-order valence-corrected chi connectivity index (χ0v) is 9.82. The van der Waals surface area contributed by atoms with Gasteiger partial charge in [-0.05, 0) is 24.1 Å². The Morgan fingerprint density at radius 3 is 2.76 bits per heavy atom. The first kappa shape index (κ1) is 11.7. The number of aromatic amines is 1. The van der Waals surface area contributed by atoms with E-state index in [1.54, 1.807) is 12.1 Å². The Kier molecular flexibility index (Phi) is 3.16. The maximum absolute atomic E-state index is 10.6. The number of H-pyrrole nitrogens is 1. The van der Waals surface area contributed by atoms with Crippen LogP contribution in [0.25, 0.3) is 11.4 Å². The second-order valence-corrected chi connectivity index (χ2v) is 4.37. The van der Waals surface area contributed by atoms with Gasteiger partial charge in [-0.15, -0.1) is 0 Å². The van der Waals surface area contributed by atoms with Crippen LogP contribution in [-0.4, -0.2) is 28.9 Å². The lowest BCUT2D eigenvalue weighted by Crippen LogP contribution is -2.04. The Morgan fingerprint density at radius 1 is 1.41 bits per heavy atom. The smallest absolute Gasteiger partial charge is 0.142 e. The first-order chi connectivity index (χ1) is 8.04. The summed E-state index contributed by atoms with van der Waals surface area (Å²) in [5, 5.41) is 6.80. The van der Waals surface area contributed by atoms with Gasteiger partial charge >= 0.3 is 0 Å². The van der Waals surface area contributed by atoms with Crippen molar-refractivity contribution in [1.29, 1.82) is 0 Å². The molecule has 0 spiro atoms. The number of hydrogen-bond acceptors (Lipinski definition) is 6. The summed E-state index contributed by atoms with van der Waals surface area (Å²) in [4.78, 5) is 7.93. The van der Waals surface area contributed by atoms with Gasteiger partial charge in [0.05, 0.1) is 11.4 Å². The molecule has 0 saturated carbocycles. The van der Waals surface area contributed by atoms with E-state index in [-0.39, 0.29) is 17.4 Å². The molecule has 0 aliphatic carbocycles. The van der Waals surface area contributed by atoms with Crippen LogP contribution in [0.4, 0.5) is 5.82 Å². The van der Waals surface area contributed by atoms with Crippen molar-refractivity contribution in [3.63, 3.8) is 0 Å². The third-order valence-corrected chi connectivity index (χ3v) is 2.50. The van der Waals surface area contributed by atoms with Crippen LogP contribution in [0, 0.1) is 6.92 Å². The lowest BCUT2D eigenvalue weighted by atomic mass is 10.2. The summed E-state index contributed by atoms with van der Waals surface area (Å²) in [7, 11) is 0. The van der Waals surface area contributed by atoms with Gasteiger partial charge in [0, 0.05) is 11.8 Å². The van der Waals surface area contributed by atoms with Crippen molar-refractivity contribution in [3.8, 4) is 11.4 Å². The maximum atomic E-state index is 10.6. The van der Waals surface area contributed by atoms with Gasteiger partial charge in [0.1, 0.15) is 17.3 Å². The molecule has 2 aromatic rings. The third-order valence-electron chi connectivity index (χ3n) is 2.01. The molecular formula is C9H10N5O2S-. The third kappa shape index (κ3) is 2.86. The van der Waals surface area contributed by atoms with Gasteiger partial charge in [-0.25, -0.2) is 9.97 Å². The summed E-state index contributed by atoms with van der Waals surface area (Å²) in [5.41, 5.74) is 7.58. The van der Waals surface area contributed by atoms with Crippen LogP contribution in [-0.2, 0) is 16.8 Å². The van der Waals surface area contributed by atoms with Gasteiger partial charge < -0.3 is 10.3 Å². The van der Waals surface area contributed by atoms with E-state index < -0.39 is 11.1 Å². The van der Waals surface area contributed by atoms with Crippen molar-refractivity contribution in [2.75, 3.05) is 5.73 Å². The van der Waals surface area contributed by atoms with Gasteiger partial charge in [0.2, 0.25) is 0 Å². The zero-order chi connectivity index (χ0) is 12.4. The highest BCUT2D eigenvalue weighted by molar-refractivity contribution is 7.78. The summed E-state index contributed by atoms with van der Waals surface area (Å²) in [6.45, 7) is 1.86. The molecule has 1 atom stereocenters. The minimum atomic E-state index is -2.24. The predicted octanol–water partition coefficient (Wildman–Crippen LogP) is 0.136. The van der Waals surface area contributed by atoms with Crippen LogP contribution >= 0.6 is 0 Å². The van der Waals surface area contributed by atoms with E-state index in [9.17, 15) is 8.76 Å². The molecule has 0 aliphatic rings. The highest BCUT2D eigenvalue weighted by Gasteiger charge is 2.07. The molecule has 0 saturated heterocycles. The van der Waals surface area contributed by atoms with E-state index >= 15 is 0 Å². The van der Waals surface area contributed by atoms with Gasteiger partial charge in [0.15, 0.2) is 0 Å². The van der Waals surface area contributed by atoms with Crippen LogP contribution < -0.4 is 5.73 Å². The number of rotatable bonds is 3. The molecule has 2 aromatic heterocycles. The molecule has 8 heteroatoms. The fourth-order valence-corrected chi connectivity index (χ4v) is 1.71. The molecule has 0 aliphatic heterocycles. The minimum Gasteiger partial charge on any atom is -0.772 e. The molecule has 0 radical (unpaired) electrons. The Balaban J connectivity index is 2.41. The van der Waals surface area contributed by atoms with Crippen LogP contribution in [0.2, 0.25) is 0 Å². The van der Waals surface area contributed by atoms with Crippen LogP contribution in [0.15, 0.2) is 12.1 Å². The molecule has 1 unspecified atom stereocenters. The van der Waals surface area contributed by atoms with E-state index in [1.165, 1.54) is 0 Å². The minimum absolute atomic E-state index is 0.161. The van der Waals surface area contributed by atoms with Gasteiger partial charge in [-0.2, -0.15) is 5.10 Å². The van der Waals surface area contributed by atoms with Crippen molar-refractivity contribution >= 4 is 16.9 Å². The molecule has 17 heavy (non-hydrogen) atoms.